The van der Waals surface area contributed by atoms with Gasteiger partial charge >= 0.3 is 0 Å². The molecule has 1 N–H and O–H groups in total. The second-order valence-electron chi connectivity index (χ2n) is 6.73. The largest absolute Gasteiger partial charge is 0.325 e. The number of rotatable bonds is 6. The first kappa shape index (κ1) is 19.2. The van der Waals surface area contributed by atoms with Crippen molar-refractivity contribution in [1.29, 1.82) is 0 Å². The van der Waals surface area contributed by atoms with E-state index in [4.69, 9.17) is 0 Å². The van der Waals surface area contributed by atoms with E-state index in [1.807, 2.05) is 54.0 Å². The highest BCUT2D eigenvalue weighted by Gasteiger charge is 2.15. The number of anilines is 1. The first-order chi connectivity index (χ1) is 13.0. The maximum Gasteiger partial charge on any atom is 0.234 e. The second kappa shape index (κ2) is 8.39. The van der Waals surface area contributed by atoms with Crippen LogP contribution in [0.2, 0.25) is 0 Å². The van der Waals surface area contributed by atoms with E-state index in [1.165, 1.54) is 11.8 Å². The molecule has 0 spiro atoms. The molecule has 3 rings (SSSR count). The average molecular weight is 381 g/mol. The summed E-state index contributed by atoms with van der Waals surface area (Å²) in [4.78, 5) is 12.5. The first-order valence-electron chi connectivity index (χ1n) is 8.97. The molecule has 0 saturated carbocycles. The van der Waals surface area contributed by atoms with Gasteiger partial charge in [-0.25, -0.2) is 0 Å². The fraction of sp³-hybridized carbons (Fsp3) is 0.286. The van der Waals surface area contributed by atoms with E-state index in [0.717, 1.165) is 28.3 Å². The van der Waals surface area contributed by atoms with Gasteiger partial charge in [0.2, 0.25) is 5.91 Å². The zero-order valence-electron chi connectivity index (χ0n) is 16.1. The van der Waals surface area contributed by atoms with Gasteiger partial charge in [-0.3, -0.25) is 9.36 Å². The Morgan fingerprint density at radius 1 is 1.07 bits per heavy atom. The highest BCUT2D eigenvalue weighted by molar-refractivity contribution is 7.99. The third-order valence-electron chi connectivity index (χ3n) is 4.34. The lowest BCUT2D eigenvalue weighted by Crippen LogP contribution is -2.16. The molecule has 0 aliphatic carbocycles. The lowest BCUT2D eigenvalue weighted by molar-refractivity contribution is -0.113. The van der Waals surface area contributed by atoms with Gasteiger partial charge in [0, 0.05) is 5.69 Å². The summed E-state index contributed by atoms with van der Waals surface area (Å²) in [6.07, 6.45) is 0. The highest BCUT2D eigenvalue weighted by atomic mass is 32.2. The molecule has 0 bridgehead atoms. The van der Waals surface area contributed by atoms with E-state index in [2.05, 4.69) is 42.4 Å². The van der Waals surface area contributed by atoms with Gasteiger partial charge in [0.25, 0.3) is 0 Å². The van der Waals surface area contributed by atoms with Crippen LogP contribution in [-0.2, 0) is 4.79 Å². The minimum absolute atomic E-state index is 0.0508. The normalized spacial score (nSPS) is 11.0. The molecular weight excluding hydrogens is 356 g/mol. The van der Waals surface area contributed by atoms with Gasteiger partial charge in [-0.2, -0.15) is 0 Å². The number of carbonyl (C=O) groups excluding carboxylic acids is 1. The molecule has 27 heavy (non-hydrogen) atoms. The molecule has 140 valence electrons. The minimum atomic E-state index is -0.0508. The predicted octanol–water partition coefficient (Wildman–Crippen LogP) is 4.74. The molecule has 1 aromatic heterocycles. The van der Waals surface area contributed by atoms with Crippen LogP contribution in [0.25, 0.3) is 5.69 Å². The van der Waals surface area contributed by atoms with Crippen molar-refractivity contribution in [2.45, 2.75) is 38.8 Å². The number of para-hydroxylation sites is 2. The Morgan fingerprint density at radius 2 is 1.78 bits per heavy atom. The van der Waals surface area contributed by atoms with Crippen molar-refractivity contribution in [3.63, 3.8) is 0 Å². The van der Waals surface area contributed by atoms with Gasteiger partial charge in [-0.15, -0.1) is 10.2 Å². The zero-order valence-corrected chi connectivity index (χ0v) is 16.9. The maximum absolute atomic E-state index is 12.5. The Labute approximate surface area is 164 Å². The Morgan fingerprint density at radius 3 is 2.52 bits per heavy atom. The fourth-order valence-electron chi connectivity index (χ4n) is 2.96. The van der Waals surface area contributed by atoms with E-state index >= 15 is 0 Å². The van der Waals surface area contributed by atoms with E-state index < -0.39 is 0 Å². The molecule has 0 fully saturated rings. The van der Waals surface area contributed by atoms with Crippen LogP contribution in [0.5, 0.6) is 0 Å². The Kier molecular flexibility index (Phi) is 5.96. The van der Waals surface area contributed by atoms with Gasteiger partial charge in [0.15, 0.2) is 5.16 Å². The summed E-state index contributed by atoms with van der Waals surface area (Å²) in [5, 5.41) is 12.2. The molecule has 0 aliphatic heterocycles. The smallest absolute Gasteiger partial charge is 0.234 e. The minimum Gasteiger partial charge on any atom is -0.325 e. The van der Waals surface area contributed by atoms with Crippen LogP contribution in [0.1, 0.15) is 36.7 Å². The predicted molar refractivity (Wildman–Crippen MR) is 111 cm³/mol. The molecule has 1 heterocycles. The number of nitrogens with zero attached hydrogens (tertiary/aromatic N) is 3. The summed E-state index contributed by atoms with van der Waals surface area (Å²) in [6.45, 7) is 8.21. The van der Waals surface area contributed by atoms with Crippen molar-refractivity contribution in [2.75, 3.05) is 11.1 Å². The highest BCUT2D eigenvalue weighted by Crippen LogP contribution is 2.26. The topological polar surface area (TPSA) is 59.8 Å². The van der Waals surface area contributed by atoms with Crippen molar-refractivity contribution in [2.24, 2.45) is 0 Å². The zero-order chi connectivity index (χ0) is 19.4. The Bertz CT molecular complexity index is 949. The van der Waals surface area contributed by atoms with Crippen molar-refractivity contribution >= 4 is 23.4 Å². The molecule has 0 unspecified atom stereocenters. The lowest BCUT2D eigenvalue weighted by Gasteiger charge is -2.14. The van der Waals surface area contributed by atoms with Crippen LogP contribution >= 0.6 is 11.8 Å². The van der Waals surface area contributed by atoms with E-state index in [0.29, 0.717) is 11.1 Å². The number of carbonyl (C=O) groups is 1. The number of aromatic nitrogens is 3. The number of aryl methyl sites for hydroxylation is 2. The number of thioether (sulfide) groups is 1. The summed E-state index contributed by atoms with van der Waals surface area (Å²) in [7, 11) is 0. The van der Waals surface area contributed by atoms with E-state index in [9.17, 15) is 4.79 Å². The van der Waals surface area contributed by atoms with Crippen LogP contribution in [0.3, 0.4) is 0 Å². The Balaban J connectivity index is 1.73. The van der Waals surface area contributed by atoms with Crippen LogP contribution in [0.15, 0.2) is 53.7 Å². The van der Waals surface area contributed by atoms with Gasteiger partial charge in [0.1, 0.15) is 5.82 Å². The molecule has 0 saturated heterocycles. The molecule has 6 heteroatoms. The summed E-state index contributed by atoms with van der Waals surface area (Å²) in [5.41, 5.74) is 4.18. The number of nitrogens with one attached hydrogen (secondary N) is 1. The summed E-state index contributed by atoms with van der Waals surface area (Å²) in [5.74, 6) is 1.37. The molecule has 5 nitrogen and oxygen atoms in total. The van der Waals surface area contributed by atoms with E-state index in [-0.39, 0.29) is 11.7 Å². The fourth-order valence-corrected chi connectivity index (χ4v) is 3.75. The van der Waals surface area contributed by atoms with E-state index in [1.54, 1.807) is 0 Å². The van der Waals surface area contributed by atoms with Crippen molar-refractivity contribution in [3.05, 3.63) is 65.5 Å². The molecule has 0 atom stereocenters. The van der Waals surface area contributed by atoms with Crippen LogP contribution < -0.4 is 5.32 Å². The second-order valence-corrected chi connectivity index (χ2v) is 7.67. The maximum atomic E-state index is 12.5. The quantitative estimate of drug-likeness (QED) is 0.628. The summed E-state index contributed by atoms with van der Waals surface area (Å²) >= 11 is 1.39. The van der Waals surface area contributed by atoms with Crippen LogP contribution in [0, 0.1) is 13.8 Å². The molecule has 0 aliphatic rings. The summed E-state index contributed by atoms with van der Waals surface area (Å²) in [6, 6.07) is 16.0. The first-order valence-corrected chi connectivity index (χ1v) is 9.95. The number of hydrogen-bond donors (Lipinski definition) is 1. The third kappa shape index (κ3) is 4.39. The molecule has 0 radical (unpaired) electrons. The lowest BCUT2D eigenvalue weighted by atomic mass is 10.0. The summed E-state index contributed by atoms with van der Waals surface area (Å²) < 4.78 is 2.00. The number of hydrogen-bond acceptors (Lipinski definition) is 4. The van der Waals surface area contributed by atoms with Gasteiger partial charge in [-0.05, 0) is 43.0 Å². The van der Waals surface area contributed by atoms with Crippen molar-refractivity contribution < 1.29 is 4.79 Å². The van der Waals surface area contributed by atoms with Crippen LogP contribution in [-0.4, -0.2) is 26.4 Å². The number of amides is 1. The average Bonchev–Trinajstić information content (AvgIpc) is 3.01. The van der Waals surface area contributed by atoms with Crippen molar-refractivity contribution in [3.8, 4) is 5.69 Å². The standard InChI is InChI=1S/C21H24N4OS/c1-14(2)17-10-6-7-11-18(17)22-20(26)13-27-21-24-23-16(4)25(21)19-12-8-5-9-15(19)3/h5-12,14H,13H2,1-4H3,(H,22,26). The van der Waals surface area contributed by atoms with Crippen LogP contribution in [0.4, 0.5) is 5.69 Å². The van der Waals surface area contributed by atoms with Crippen molar-refractivity contribution in [1.82, 2.24) is 14.8 Å². The monoisotopic (exact) mass is 380 g/mol. The SMILES string of the molecule is Cc1ccccc1-n1c(C)nnc1SCC(=O)Nc1ccccc1C(C)C. The van der Waals surface area contributed by atoms with Gasteiger partial charge in [0.05, 0.1) is 11.4 Å². The third-order valence-corrected chi connectivity index (χ3v) is 5.27. The molecule has 3 aromatic rings. The Hall–Kier alpha value is -2.60. The van der Waals surface area contributed by atoms with Gasteiger partial charge in [-0.1, -0.05) is 62.0 Å². The number of benzene rings is 2. The molecule has 1 amide bonds. The molecular formula is C21H24N4OS. The van der Waals surface area contributed by atoms with Gasteiger partial charge < -0.3 is 5.32 Å². The molecule has 2 aromatic carbocycles.